The van der Waals surface area contributed by atoms with Gasteiger partial charge in [-0.2, -0.15) is 61.5 Å². The number of alkyl halides is 16. The van der Waals surface area contributed by atoms with E-state index >= 15 is 0 Å². The van der Waals surface area contributed by atoms with Crippen LogP contribution in [-0.4, -0.2) is 67.1 Å². The van der Waals surface area contributed by atoms with Crippen LogP contribution in [0, 0.1) is 0 Å². The van der Waals surface area contributed by atoms with Gasteiger partial charge in [0.2, 0.25) is 0 Å². The highest BCUT2D eigenvalue weighted by Crippen LogP contribution is 2.62. The molecule has 0 amide bonds. The molecule has 0 N–H and O–H groups in total. The van der Waals surface area contributed by atoms with Crippen LogP contribution in [0.15, 0.2) is 48.5 Å². The fourth-order valence-electron chi connectivity index (χ4n) is 3.37. The monoisotopic (exact) mass is 684 g/mol. The van der Waals surface area contributed by atoms with Gasteiger partial charge in [0.25, 0.3) is 0 Å². The number of halogens is 16. The van der Waals surface area contributed by atoms with Crippen molar-refractivity contribution in [3.8, 4) is 16.9 Å². The molecule has 3 nitrogen and oxygen atoms in total. The molecule has 2 aromatic rings. The molecule has 19 heteroatoms. The highest BCUT2D eigenvalue weighted by molar-refractivity contribution is 5.90. The van der Waals surface area contributed by atoms with Crippen molar-refractivity contribution in [1.29, 1.82) is 0 Å². The minimum absolute atomic E-state index is 0.376. The van der Waals surface area contributed by atoms with Gasteiger partial charge in [0.15, 0.2) is 6.61 Å². The van der Waals surface area contributed by atoms with Crippen molar-refractivity contribution in [1.82, 2.24) is 0 Å². The number of hydrogen-bond donors (Lipinski definition) is 0. The predicted molar refractivity (Wildman–Crippen MR) is 123 cm³/mol. The standard InChI is InChI=1S/C26H20F16O3/c1-2-3-12-44-17-10-8-15(9-11-17)14-4-6-16(7-5-14)18(43)45-13-20(29,30)22(33,34)24(37,38)26(41,42)25(39,40)23(35,36)21(31,32)19(27)28/h4-11,19H,2-3,12-13H2,1H3. The lowest BCUT2D eigenvalue weighted by molar-refractivity contribution is -0.447. The zero-order valence-electron chi connectivity index (χ0n) is 22.3. The first-order valence-corrected chi connectivity index (χ1v) is 12.3. The number of rotatable bonds is 15. The number of ether oxygens (including phenoxy) is 2. The maximum Gasteiger partial charge on any atom is 0.385 e. The second-order valence-corrected chi connectivity index (χ2v) is 9.38. The molecule has 2 aromatic carbocycles. The predicted octanol–water partition coefficient (Wildman–Crippen LogP) is 9.40. The van der Waals surface area contributed by atoms with Crippen LogP contribution in [0.1, 0.15) is 30.1 Å². The van der Waals surface area contributed by atoms with Gasteiger partial charge in [0.05, 0.1) is 12.2 Å². The summed E-state index contributed by atoms with van der Waals surface area (Å²) in [4.78, 5) is 12.0. The third kappa shape index (κ3) is 6.62. The molecule has 0 saturated carbocycles. The summed E-state index contributed by atoms with van der Waals surface area (Å²) in [6.45, 7) is -0.859. The summed E-state index contributed by atoms with van der Waals surface area (Å²) < 4.78 is 224. The first-order chi connectivity index (χ1) is 20.3. The Balaban J connectivity index is 2.23. The van der Waals surface area contributed by atoms with Crippen LogP contribution in [0.4, 0.5) is 70.2 Å². The largest absolute Gasteiger partial charge is 0.494 e. The minimum atomic E-state index is -8.52. The van der Waals surface area contributed by atoms with Gasteiger partial charge >= 0.3 is 53.9 Å². The lowest BCUT2D eigenvalue weighted by atomic mass is 9.89. The topological polar surface area (TPSA) is 35.5 Å². The summed E-state index contributed by atoms with van der Waals surface area (Å²) in [7, 11) is 0. The van der Waals surface area contributed by atoms with Gasteiger partial charge < -0.3 is 9.47 Å². The fraction of sp³-hybridized carbons (Fsp3) is 0.500. The molecule has 0 atom stereocenters. The van der Waals surface area contributed by atoms with Gasteiger partial charge in [-0.15, -0.1) is 0 Å². The molecule has 0 saturated heterocycles. The molecule has 0 bridgehead atoms. The van der Waals surface area contributed by atoms with Gasteiger partial charge in [-0.05, 0) is 41.8 Å². The van der Waals surface area contributed by atoms with Crippen molar-refractivity contribution in [2.45, 2.75) is 67.6 Å². The molecule has 0 fully saturated rings. The van der Waals surface area contributed by atoms with Crippen molar-refractivity contribution in [3.05, 3.63) is 54.1 Å². The van der Waals surface area contributed by atoms with Crippen molar-refractivity contribution in [3.63, 3.8) is 0 Å². The summed E-state index contributed by atoms with van der Waals surface area (Å²) in [5.74, 6) is -57.1. The highest BCUT2D eigenvalue weighted by Gasteiger charge is 2.93. The first-order valence-electron chi connectivity index (χ1n) is 12.3. The van der Waals surface area contributed by atoms with Gasteiger partial charge in [-0.1, -0.05) is 37.6 Å². The molecule has 0 radical (unpaired) electrons. The van der Waals surface area contributed by atoms with Crippen LogP contribution < -0.4 is 4.74 Å². The van der Waals surface area contributed by atoms with E-state index in [2.05, 4.69) is 4.74 Å². The Kier molecular flexibility index (Phi) is 10.7. The zero-order valence-corrected chi connectivity index (χ0v) is 22.3. The normalized spacial score (nSPS) is 14.1. The van der Waals surface area contributed by atoms with Crippen molar-refractivity contribution in [2.75, 3.05) is 13.2 Å². The zero-order chi connectivity index (χ0) is 34.9. The molecule has 45 heavy (non-hydrogen) atoms. The number of hydrogen-bond acceptors (Lipinski definition) is 3. The summed E-state index contributed by atoms with van der Waals surface area (Å²) in [6.07, 6.45) is -4.25. The van der Waals surface area contributed by atoms with E-state index in [1.165, 1.54) is 12.1 Å². The first kappa shape index (κ1) is 37.8. The van der Waals surface area contributed by atoms with E-state index in [9.17, 15) is 75.0 Å². The van der Waals surface area contributed by atoms with E-state index in [1.54, 1.807) is 24.3 Å². The maximum atomic E-state index is 14.0. The quantitative estimate of drug-likeness (QED) is 0.107. The lowest BCUT2D eigenvalue weighted by Gasteiger charge is -2.42. The Morgan fingerprint density at radius 1 is 0.644 bits per heavy atom. The molecule has 2 rings (SSSR count). The average molecular weight is 684 g/mol. The van der Waals surface area contributed by atoms with E-state index in [0.29, 0.717) is 23.5 Å². The molecule has 254 valence electrons. The van der Waals surface area contributed by atoms with E-state index < -0.39 is 66.0 Å². The maximum absolute atomic E-state index is 14.0. The Hall–Kier alpha value is -3.41. The van der Waals surface area contributed by atoms with Gasteiger partial charge in [-0.3, -0.25) is 0 Å². The molecule has 0 aliphatic heterocycles. The molecule has 0 aromatic heterocycles. The number of carbonyl (C=O) groups is 1. The van der Waals surface area contributed by atoms with Crippen molar-refractivity contribution >= 4 is 5.97 Å². The van der Waals surface area contributed by atoms with Crippen LogP contribution in [-0.2, 0) is 4.74 Å². The average Bonchev–Trinajstić information content (AvgIpc) is 2.95. The van der Waals surface area contributed by atoms with Gasteiger partial charge in [0.1, 0.15) is 5.75 Å². The number of benzene rings is 2. The fourth-order valence-corrected chi connectivity index (χ4v) is 3.37. The third-order valence-electron chi connectivity index (χ3n) is 6.19. The molecule has 0 aliphatic carbocycles. The van der Waals surface area contributed by atoms with E-state index in [0.717, 1.165) is 25.0 Å². The SMILES string of the molecule is CCCCOc1ccc(-c2ccc(C(=O)OCC(F)(F)C(F)(F)C(F)(F)C(F)(F)C(F)(F)C(F)(F)C(F)(F)C(F)F)cc2)cc1. The second kappa shape index (κ2) is 12.8. The third-order valence-corrected chi connectivity index (χ3v) is 6.19. The van der Waals surface area contributed by atoms with E-state index in [4.69, 9.17) is 4.74 Å². The summed E-state index contributed by atoms with van der Waals surface area (Å²) in [6, 6.07) is 10.3. The number of esters is 1. The Morgan fingerprint density at radius 2 is 1.07 bits per heavy atom. The van der Waals surface area contributed by atoms with Crippen molar-refractivity contribution < 1.29 is 84.5 Å². The summed E-state index contributed by atoms with van der Waals surface area (Å²) >= 11 is 0. The van der Waals surface area contributed by atoms with Crippen LogP contribution in [0.25, 0.3) is 11.1 Å². The van der Waals surface area contributed by atoms with Crippen LogP contribution >= 0.6 is 0 Å². The Morgan fingerprint density at radius 3 is 1.51 bits per heavy atom. The summed E-state index contributed by atoms with van der Waals surface area (Å²) in [5.41, 5.74) is 0.177. The number of unbranched alkanes of at least 4 members (excludes halogenated alkanes) is 1. The molecule has 0 heterocycles. The molecule has 0 spiro atoms. The van der Waals surface area contributed by atoms with Crippen LogP contribution in [0.3, 0.4) is 0 Å². The second-order valence-electron chi connectivity index (χ2n) is 9.38. The Labute approximate surface area is 243 Å². The molecular formula is C26H20F16O3. The molecule has 0 aliphatic rings. The molecule has 0 unspecified atom stereocenters. The minimum Gasteiger partial charge on any atom is -0.494 e. The molecular weight excluding hydrogens is 664 g/mol. The van der Waals surface area contributed by atoms with Crippen molar-refractivity contribution in [2.24, 2.45) is 0 Å². The van der Waals surface area contributed by atoms with E-state index in [1.807, 2.05) is 6.92 Å². The summed E-state index contributed by atoms with van der Waals surface area (Å²) in [5, 5.41) is 0. The number of carbonyl (C=O) groups excluding carboxylic acids is 1. The Bertz CT molecular complexity index is 1290. The van der Waals surface area contributed by atoms with Crippen LogP contribution in [0.2, 0.25) is 0 Å². The smallest absolute Gasteiger partial charge is 0.385 e. The lowest BCUT2D eigenvalue weighted by Crippen LogP contribution is -2.74. The van der Waals surface area contributed by atoms with Gasteiger partial charge in [0, 0.05) is 0 Å². The van der Waals surface area contributed by atoms with E-state index in [-0.39, 0.29) is 0 Å². The van der Waals surface area contributed by atoms with Gasteiger partial charge in [-0.25, -0.2) is 13.6 Å². The highest BCUT2D eigenvalue weighted by atomic mass is 19.4. The van der Waals surface area contributed by atoms with Crippen LogP contribution in [0.5, 0.6) is 5.75 Å².